The number of ether oxygens (including phenoxy) is 2. The number of nitrogens with zero attached hydrogens (tertiary/aromatic N) is 2. The van der Waals surface area contributed by atoms with Crippen molar-refractivity contribution < 1.29 is 23.5 Å². The molecule has 1 heterocycles. The maximum Gasteiger partial charge on any atom is 0.356 e. The summed E-state index contributed by atoms with van der Waals surface area (Å²) >= 11 is 0. The van der Waals surface area contributed by atoms with Gasteiger partial charge >= 0.3 is 5.97 Å². The predicted molar refractivity (Wildman–Crippen MR) is 82.2 cm³/mol. The molecular weight excluding hydrogens is 317 g/mol. The van der Waals surface area contributed by atoms with Gasteiger partial charge in [0.2, 0.25) is 0 Å². The zero-order chi connectivity index (χ0) is 17.7. The van der Waals surface area contributed by atoms with Crippen LogP contribution in [0.15, 0.2) is 24.3 Å². The number of hydrogen-bond acceptors (Lipinski definition) is 6. The monoisotopic (exact) mass is 333 g/mol. The summed E-state index contributed by atoms with van der Waals surface area (Å²) in [5.41, 5.74) is 0.691. The second-order valence-electron chi connectivity index (χ2n) is 4.83. The third-order valence-electron chi connectivity index (χ3n) is 3.13. The number of rotatable bonds is 5. The Morgan fingerprint density at radius 1 is 1.17 bits per heavy atom. The maximum absolute atomic E-state index is 13.4. The number of hydrogen-bond donors (Lipinski definition) is 1. The van der Waals surface area contributed by atoms with E-state index in [2.05, 4.69) is 20.0 Å². The van der Waals surface area contributed by atoms with Crippen LogP contribution in [0.5, 0.6) is 5.75 Å². The summed E-state index contributed by atoms with van der Waals surface area (Å²) in [7, 11) is 2.58. The predicted octanol–water partition coefficient (Wildman–Crippen LogP) is 1.65. The Kier molecular flexibility index (Phi) is 5.41. The first-order valence-electron chi connectivity index (χ1n) is 6.99. The lowest BCUT2D eigenvalue weighted by Gasteiger charge is -2.08. The van der Waals surface area contributed by atoms with E-state index >= 15 is 0 Å². The molecule has 0 radical (unpaired) electrons. The van der Waals surface area contributed by atoms with Crippen LogP contribution in [-0.2, 0) is 11.3 Å². The normalized spacial score (nSPS) is 10.2. The van der Waals surface area contributed by atoms with Gasteiger partial charge in [-0.25, -0.2) is 19.2 Å². The van der Waals surface area contributed by atoms with E-state index in [1.165, 1.54) is 38.5 Å². The highest BCUT2D eigenvalue weighted by Crippen LogP contribution is 2.18. The lowest BCUT2D eigenvalue weighted by Crippen LogP contribution is -2.25. The molecule has 0 saturated heterocycles. The van der Waals surface area contributed by atoms with Crippen molar-refractivity contribution >= 4 is 11.9 Å². The van der Waals surface area contributed by atoms with Crippen LogP contribution >= 0.6 is 0 Å². The van der Waals surface area contributed by atoms with Gasteiger partial charge in [-0.1, -0.05) is 6.07 Å². The van der Waals surface area contributed by atoms with Gasteiger partial charge in [0.1, 0.15) is 11.5 Å². The van der Waals surface area contributed by atoms with Gasteiger partial charge in [-0.05, 0) is 24.6 Å². The molecule has 0 saturated carbocycles. The van der Waals surface area contributed by atoms with Gasteiger partial charge < -0.3 is 14.8 Å². The molecule has 0 fully saturated rings. The zero-order valence-electron chi connectivity index (χ0n) is 13.4. The molecular formula is C16H16FN3O4. The lowest BCUT2D eigenvalue weighted by atomic mass is 10.2. The molecule has 2 rings (SSSR count). The number of amides is 1. The van der Waals surface area contributed by atoms with Gasteiger partial charge in [-0.15, -0.1) is 0 Å². The molecule has 1 amide bonds. The molecule has 8 heteroatoms. The fourth-order valence-electron chi connectivity index (χ4n) is 1.98. The second kappa shape index (κ2) is 7.49. The van der Waals surface area contributed by atoms with E-state index in [-0.39, 0.29) is 29.5 Å². The van der Waals surface area contributed by atoms with Crippen molar-refractivity contribution in [2.45, 2.75) is 13.5 Å². The van der Waals surface area contributed by atoms with Crippen LogP contribution in [0, 0.1) is 12.7 Å². The number of aromatic nitrogens is 2. The van der Waals surface area contributed by atoms with Crippen molar-refractivity contribution in [3.05, 3.63) is 52.9 Å². The maximum atomic E-state index is 13.4. The Labute approximate surface area is 137 Å². The number of esters is 1. The fourth-order valence-corrected chi connectivity index (χ4v) is 1.98. The van der Waals surface area contributed by atoms with Crippen LogP contribution in [0.3, 0.4) is 0 Å². The van der Waals surface area contributed by atoms with Crippen molar-refractivity contribution in [2.75, 3.05) is 14.2 Å². The molecule has 7 nitrogen and oxygen atoms in total. The van der Waals surface area contributed by atoms with E-state index in [1.807, 2.05) is 0 Å². The van der Waals surface area contributed by atoms with Crippen LogP contribution in [0.25, 0.3) is 0 Å². The molecule has 1 aromatic carbocycles. The molecule has 2 aromatic rings. The van der Waals surface area contributed by atoms with Crippen molar-refractivity contribution in [2.24, 2.45) is 0 Å². The molecule has 0 aliphatic carbocycles. The highest BCUT2D eigenvalue weighted by Gasteiger charge is 2.15. The number of nitrogens with one attached hydrogen (secondary N) is 1. The largest absolute Gasteiger partial charge is 0.494 e. The summed E-state index contributed by atoms with van der Waals surface area (Å²) in [4.78, 5) is 31.6. The third-order valence-corrected chi connectivity index (χ3v) is 3.13. The molecule has 0 bridgehead atoms. The zero-order valence-corrected chi connectivity index (χ0v) is 13.4. The molecule has 24 heavy (non-hydrogen) atoms. The number of benzene rings is 1. The average molecular weight is 333 g/mol. The first-order valence-corrected chi connectivity index (χ1v) is 6.99. The van der Waals surface area contributed by atoms with Gasteiger partial charge in [0, 0.05) is 12.6 Å². The summed E-state index contributed by atoms with van der Waals surface area (Å²) in [6, 6.07) is 5.52. The quantitative estimate of drug-likeness (QED) is 0.837. The minimum atomic E-state index is -0.655. The lowest BCUT2D eigenvalue weighted by molar-refractivity contribution is 0.0593. The van der Waals surface area contributed by atoms with Crippen molar-refractivity contribution in [3.63, 3.8) is 0 Å². The van der Waals surface area contributed by atoms with Gasteiger partial charge in [-0.3, -0.25) is 4.79 Å². The van der Waals surface area contributed by atoms with Crippen LogP contribution in [0.1, 0.15) is 32.4 Å². The van der Waals surface area contributed by atoms with E-state index in [1.54, 1.807) is 6.92 Å². The second-order valence-corrected chi connectivity index (χ2v) is 4.83. The molecule has 1 N–H and O–H groups in total. The summed E-state index contributed by atoms with van der Waals surface area (Å²) in [5, 5.41) is 2.64. The Hall–Kier alpha value is -3.03. The van der Waals surface area contributed by atoms with Crippen LogP contribution < -0.4 is 10.1 Å². The number of aryl methyl sites for hydroxylation is 1. The Morgan fingerprint density at radius 3 is 2.54 bits per heavy atom. The van der Waals surface area contributed by atoms with Gasteiger partial charge in [-0.2, -0.15) is 0 Å². The van der Waals surface area contributed by atoms with Crippen molar-refractivity contribution in [1.29, 1.82) is 0 Å². The third kappa shape index (κ3) is 4.03. The SMILES string of the molecule is COC(=O)c1cc(C(=O)NCc2ccc(F)c(OC)c2)nc(C)n1. The fraction of sp³-hybridized carbons (Fsp3) is 0.250. The number of carbonyl (C=O) groups excluding carboxylic acids is 2. The van der Waals surface area contributed by atoms with Crippen LogP contribution in [0.4, 0.5) is 4.39 Å². The van der Waals surface area contributed by atoms with Gasteiger partial charge in [0.15, 0.2) is 17.3 Å². The Balaban J connectivity index is 2.13. The van der Waals surface area contributed by atoms with Crippen molar-refractivity contribution in [1.82, 2.24) is 15.3 Å². The van der Waals surface area contributed by atoms with Gasteiger partial charge in [0.25, 0.3) is 5.91 Å². The van der Waals surface area contributed by atoms with Crippen molar-refractivity contribution in [3.8, 4) is 5.75 Å². The highest BCUT2D eigenvalue weighted by molar-refractivity contribution is 5.95. The van der Waals surface area contributed by atoms with Crippen LogP contribution in [-0.4, -0.2) is 36.1 Å². The van der Waals surface area contributed by atoms with E-state index < -0.39 is 17.7 Å². The molecule has 0 aliphatic heterocycles. The summed E-state index contributed by atoms with van der Waals surface area (Å²) in [5.74, 6) is -1.27. The summed E-state index contributed by atoms with van der Waals surface area (Å²) < 4.78 is 22.8. The number of methoxy groups -OCH3 is 2. The van der Waals surface area contributed by atoms with E-state index in [0.717, 1.165) is 0 Å². The topological polar surface area (TPSA) is 90.4 Å². The molecule has 126 valence electrons. The minimum absolute atomic E-state index is 0.00129. The first kappa shape index (κ1) is 17.3. The highest BCUT2D eigenvalue weighted by atomic mass is 19.1. The average Bonchev–Trinajstić information content (AvgIpc) is 2.59. The first-order chi connectivity index (χ1) is 11.4. The van der Waals surface area contributed by atoms with Crippen LogP contribution in [0.2, 0.25) is 0 Å². The standard InChI is InChI=1S/C16H16FN3O4/c1-9-19-12(7-13(20-9)16(22)24-3)15(21)18-8-10-4-5-11(17)14(6-10)23-2/h4-7H,8H2,1-3H3,(H,18,21). The minimum Gasteiger partial charge on any atom is -0.494 e. The molecule has 0 aliphatic rings. The van der Waals surface area contributed by atoms with E-state index in [0.29, 0.717) is 5.56 Å². The smallest absolute Gasteiger partial charge is 0.356 e. The molecule has 0 unspecified atom stereocenters. The number of carbonyl (C=O) groups is 2. The van der Waals surface area contributed by atoms with E-state index in [4.69, 9.17) is 4.74 Å². The van der Waals surface area contributed by atoms with E-state index in [9.17, 15) is 14.0 Å². The molecule has 1 aromatic heterocycles. The molecule has 0 atom stereocenters. The molecule has 0 spiro atoms. The Morgan fingerprint density at radius 2 is 1.88 bits per heavy atom. The Bertz CT molecular complexity index is 780. The van der Waals surface area contributed by atoms with Gasteiger partial charge in [0.05, 0.1) is 14.2 Å². The number of halogens is 1. The summed E-state index contributed by atoms with van der Waals surface area (Å²) in [6.07, 6.45) is 0. The summed E-state index contributed by atoms with van der Waals surface area (Å²) in [6.45, 7) is 1.71.